The van der Waals surface area contributed by atoms with Crippen LogP contribution < -0.4 is 20.1 Å². The fourth-order valence-corrected chi connectivity index (χ4v) is 3.12. The van der Waals surface area contributed by atoms with Crippen LogP contribution in [0.1, 0.15) is 21.5 Å². The lowest BCUT2D eigenvalue weighted by molar-refractivity contribution is -0.115. The quantitative estimate of drug-likeness (QED) is 0.663. The van der Waals surface area contributed by atoms with Crippen LogP contribution >= 0.6 is 0 Å². The summed E-state index contributed by atoms with van der Waals surface area (Å²) in [6.07, 6.45) is 0.125. The number of nitrogens with one attached hydrogen (secondary N) is 2. The molecule has 0 unspecified atom stereocenters. The van der Waals surface area contributed by atoms with Crippen molar-refractivity contribution >= 4 is 23.2 Å². The van der Waals surface area contributed by atoms with Crippen molar-refractivity contribution in [3.8, 4) is 11.5 Å². The third-order valence-electron chi connectivity index (χ3n) is 4.75. The Bertz CT molecular complexity index is 1130. The van der Waals surface area contributed by atoms with E-state index in [2.05, 4.69) is 10.6 Å². The molecule has 3 aromatic carbocycles. The van der Waals surface area contributed by atoms with Crippen LogP contribution in [-0.2, 0) is 11.2 Å². The van der Waals surface area contributed by atoms with Gasteiger partial charge in [0, 0.05) is 11.3 Å². The first kappa shape index (κ1) is 19.4. The Morgan fingerprint density at radius 2 is 1.77 bits per heavy atom. The van der Waals surface area contributed by atoms with Gasteiger partial charge in [0.2, 0.25) is 12.7 Å². The SMILES string of the molecule is Cc1ccccc1CC(=O)Nc1cc(NC(=O)c2ccc3c(c2)OCO3)ccc1F. The monoisotopic (exact) mass is 406 g/mol. The van der Waals surface area contributed by atoms with E-state index in [1.807, 2.05) is 31.2 Å². The van der Waals surface area contributed by atoms with Gasteiger partial charge < -0.3 is 20.1 Å². The summed E-state index contributed by atoms with van der Waals surface area (Å²) in [7, 11) is 0. The number of anilines is 2. The fraction of sp³-hybridized carbons (Fsp3) is 0.130. The van der Waals surface area contributed by atoms with Crippen molar-refractivity contribution in [1.29, 1.82) is 0 Å². The predicted molar refractivity (Wildman–Crippen MR) is 110 cm³/mol. The first-order chi connectivity index (χ1) is 14.5. The Morgan fingerprint density at radius 1 is 0.967 bits per heavy atom. The van der Waals surface area contributed by atoms with Gasteiger partial charge in [0.05, 0.1) is 12.1 Å². The van der Waals surface area contributed by atoms with Crippen molar-refractivity contribution in [2.45, 2.75) is 13.3 Å². The minimum Gasteiger partial charge on any atom is -0.454 e. The van der Waals surface area contributed by atoms with Gasteiger partial charge in [0.1, 0.15) is 5.82 Å². The maximum atomic E-state index is 14.2. The molecule has 6 nitrogen and oxygen atoms in total. The molecule has 2 N–H and O–H groups in total. The molecule has 0 fully saturated rings. The molecule has 0 atom stereocenters. The Morgan fingerprint density at radius 3 is 2.60 bits per heavy atom. The summed E-state index contributed by atoms with van der Waals surface area (Å²) in [4.78, 5) is 24.9. The maximum Gasteiger partial charge on any atom is 0.255 e. The molecule has 30 heavy (non-hydrogen) atoms. The van der Waals surface area contributed by atoms with Crippen LogP contribution in [0.15, 0.2) is 60.7 Å². The molecule has 0 spiro atoms. The average molecular weight is 406 g/mol. The lowest BCUT2D eigenvalue weighted by atomic mass is 10.1. The van der Waals surface area contributed by atoms with E-state index in [4.69, 9.17) is 9.47 Å². The van der Waals surface area contributed by atoms with Crippen LogP contribution in [0.4, 0.5) is 15.8 Å². The highest BCUT2D eigenvalue weighted by Gasteiger charge is 2.17. The minimum atomic E-state index is -0.589. The number of hydrogen-bond acceptors (Lipinski definition) is 4. The van der Waals surface area contributed by atoms with E-state index in [1.165, 1.54) is 18.2 Å². The van der Waals surface area contributed by atoms with Crippen LogP contribution in [0.5, 0.6) is 11.5 Å². The van der Waals surface area contributed by atoms with Gasteiger partial charge in [-0.25, -0.2) is 4.39 Å². The normalized spacial score (nSPS) is 11.8. The van der Waals surface area contributed by atoms with Gasteiger partial charge in [-0.1, -0.05) is 24.3 Å². The Labute approximate surface area is 172 Å². The Balaban J connectivity index is 1.45. The van der Waals surface area contributed by atoms with E-state index >= 15 is 0 Å². The molecule has 3 aromatic rings. The van der Waals surface area contributed by atoms with Gasteiger partial charge in [-0.2, -0.15) is 0 Å². The predicted octanol–water partition coefficient (Wildman–Crippen LogP) is 4.30. The molecule has 1 heterocycles. The van der Waals surface area contributed by atoms with Crippen molar-refractivity contribution in [3.05, 3.63) is 83.2 Å². The number of halogens is 1. The van der Waals surface area contributed by atoms with Crippen LogP contribution in [0, 0.1) is 12.7 Å². The average Bonchev–Trinajstić information content (AvgIpc) is 3.20. The van der Waals surface area contributed by atoms with Crippen LogP contribution in [0.2, 0.25) is 0 Å². The molecule has 0 saturated carbocycles. The third-order valence-corrected chi connectivity index (χ3v) is 4.75. The first-order valence-corrected chi connectivity index (χ1v) is 9.34. The van der Waals surface area contributed by atoms with E-state index in [0.717, 1.165) is 11.1 Å². The van der Waals surface area contributed by atoms with Crippen molar-refractivity contribution in [1.82, 2.24) is 0 Å². The standard InChI is InChI=1S/C23H19FN2O4/c1-14-4-2-3-5-15(14)11-22(27)26-19-12-17(7-8-18(19)24)25-23(28)16-6-9-20-21(10-16)30-13-29-20/h2-10,12H,11,13H2,1H3,(H,25,28)(H,26,27). The van der Waals surface area contributed by atoms with Crippen molar-refractivity contribution < 1.29 is 23.5 Å². The van der Waals surface area contributed by atoms with Crippen molar-refractivity contribution in [2.24, 2.45) is 0 Å². The molecule has 7 heteroatoms. The first-order valence-electron chi connectivity index (χ1n) is 9.34. The fourth-order valence-electron chi connectivity index (χ4n) is 3.12. The molecule has 152 valence electrons. The number of carbonyl (C=O) groups excluding carboxylic acids is 2. The number of benzene rings is 3. The highest BCUT2D eigenvalue weighted by Crippen LogP contribution is 2.32. The lowest BCUT2D eigenvalue weighted by Gasteiger charge is -2.11. The molecule has 1 aliphatic heterocycles. The van der Waals surface area contributed by atoms with E-state index in [9.17, 15) is 14.0 Å². The van der Waals surface area contributed by atoms with Crippen LogP contribution in [0.25, 0.3) is 0 Å². The van der Waals surface area contributed by atoms with Gasteiger partial charge >= 0.3 is 0 Å². The molecular weight excluding hydrogens is 387 g/mol. The largest absolute Gasteiger partial charge is 0.454 e. The third kappa shape index (κ3) is 4.25. The Kier molecular flexibility index (Phi) is 5.34. The summed E-state index contributed by atoms with van der Waals surface area (Å²) < 4.78 is 24.7. The summed E-state index contributed by atoms with van der Waals surface area (Å²) in [6, 6.07) is 16.3. The molecule has 0 bridgehead atoms. The molecule has 2 amide bonds. The topological polar surface area (TPSA) is 76.7 Å². The summed E-state index contributed by atoms with van der Waals surface area (Å²) in [5.74, 6) is -0.258. The number of ether oxygens (including phenoxy) is 2. The lowest BCUT2D eigenvalue weighted by Crippen LogP contribution is -2.17. The second-order valence-electron chi connectivity index (χ2n) is 6.87. The zero-order valence-corrected chi connectivity index (χ0v) is 16.2. The second kappa shape index (κ2) is 8.24. The molecule has 0 radical (unpaired) electrons. The molecule has 0 saturated heterocycles. The molecule has 1 aliphatic rings. The molecular formula is C23H19FN2O4. The highest BCUT2D eigenvalue weighted by atomic mass is 19.1. The number of aryl methyl sites for hydroxylation is 1. The smallest absolute Gasteiger partial charge is 0.255 e. The van der Waals surface area contributed by atoms with Gasteiger partial charge in [-0.3, -0.25) is 9.59 Å². The zero-order valence-electron chi connectivity index (χ0n) is 16.2. The van der Waals surface area contributed by atoms with Crippen LogP contribution in [-0.4, -0.2) is 18.6 Å². The summed E-state index contributed by atoms with van der Waals surface area (Å²) in [5, 5.41) is 5.27. The summed E-state index contributed by atoms with van der Waals surface area (Å²) >= 11 is 0. The van der Waals surface area contributed by atoms with Gasteiger partial charge in [-0.05, 0) is 54.4 Å². The van der Waals surface area contributed by atoms with Gasteiger partial charge in [0.15, 0.2) is 11.5 Å². The van der Waals surface area contributed by atoms with Crippen molar-refractivity contribution in [3.63, 3.8) is 0 Å². The second-order valence-corrected chi connectivity index (χ2v) is 6.87. The zero-order chi connectivity index (χ0) is 21.1. The minimum absolute atomic E-state index is 0.00271. The molecule has 0 aliphatic carbocycles. The van der Waals surface area contributed by atoms with Gasteiger partial charge in [0.25, 0.3) is 5.91 Å². The number of hydrogen-bond donors (Lipinski definition) is 2. The number of amides is 2. The number of carbonyl (C=O) groups is 2. The summed E-state index contributed by atoms with van der Waals surface area (Å²) in [6.45, 7) is 2.03. The van der Waals surface area contributed by atoms with Gasteiger partial charge in [-0.15, -0.1) is 0 Å². The van der Waals surface area contributed by atoms with Crippen LogP contribution in [0.3, 0.4) is 0 Å². The number of fused-ring (bicyclic) bond motifs is 1. The summed E-state index contributed by atoms with van der Waals surface area (Å²) in [5.41, 5.74) is 2.57. The molecule has 0 aromatic heterocycles. The maximum absolute atomic E-state index is 14.2. The Hall–Kier alpha value is -3.87. The van der Waals surface area contributed by atoms with E-state index in [1.54, 1.807) is 18.2 Å². The highest BCUT2D eigenvalue weighted by molar-refractivity contribution is 6.05. The van der Waals surface area contributed by atoms with E-state index < -0.39 is 11.7 Å². The molecule has 4 rings (SSSR count). The van der Waals surface area contributed by atoms with E-state index in [-0.39, 0.29) is 24.8 Å². The van der Waals surface area contributed by atoms with Crippen molar-refractivity contribution in [2.75, 3.05) is 17.4 Å². The van der Waals surface area contributed by atoms with E-state index in [0.29, 0.717) is 22.7 Å². The number of rotatable bonds is 5.